The number of Topliss-reactive ketones (excluding diaryl/α,β-unsaturated/α-hetero) is 1. The molecule has 2 saturated carbocycles. The summed E-state index contributed by atoms with van der Waals surface area (Å²) in [7, 11) is 0. The maximum Gasteiger partial charge on any atom is 0.338 e. The number of para-hydroxylation sites is 1. The summed E-state index contributed by atoms with van der Waals surface area (Å²) in [5.41, 5.74) is -0.840. The summed E-state index contributed by atoms with van der Waals surface area (Å²) in [5, 5.41) is 39.4. The van der Waals surface area contributed by atoms with E-state index in [0.29, 0.717) is 24.2 Å². The maximum atomic E-state index is 14.7. The number of hydrogen-bond donors (Lipinski definition) is 4. The van der Waals surface area contributed by atoms with E-state index in [-0.39, 0.29) is 24.2 Å². The fourth-order valence-electron chi connectivity index (χ4n) is 10.1. The van der Waals surface area contributed by atoms with Crippen LogP contribution in [0.3, 0.4) is 0 Å². The highest BCUT2D eigenvalue weighted by Gasteiger charge is 2.72. The van der Waals surface area contributed by atoms with Crippen molar-refractivity contribution in [3.63, 3.8) is 0 Å². The summed E-state index contributed by atoms with van der Waals surface area (Å²) in [5.74, 6) is -2.34. The number of carbonyl (C=O) groups is 3. The molecule has 48 heavy (non-hydrogen) atoms. The Labute approximate surface area is 283 Å². The Morgan fingerprint density at radius 2 is 1.60 bits per heavy atom. The number of nitrogens with one attached hydrogen (secondary N) is 1. The van der Waals surface area contributed by atoms with Gasteiger partial charge in [0.15, 0.2) is 6.10 Å². The number of carbonyl (C=O) groups excluding carboxylic acids is 3. The predicted molar refractivity (Wildman–Crippen MR) is 182 cm³/mol. The van der Waals surface area contributed by atoms with Crippen molar-refractivity contribution in [1.29, 1.82) is 0 Å². The minimum Gasteiger partial charge on any atom is -0.456 e. The smallest absolute Gasteiger partial charge is 0.338 e. The lowest BCUT2D eigenvalue weighted by molar-refractivity contribution is -0.301. The summed E-state index contributed by atoms with van der Waals surface area (Å²) < 4.78 is 12.1. The predicted octanol–water partition coefficient (Wildman–Crippen LogP) is 5.05. The second-order valence-corrected chi connectivity index (χ2v) is 15.3. The first-order valence-corrected chi connectivity index (χ1v) is 16.9. The van der Waals surface area contributed by atoms with E-state index in [0.717, 1.165) is 11.3 Å². The van der Waals surface area contributed by atoms with Crippen molar-refractivity contribution in [2.45, 2.75) is 97.4 Å². The van der Waals surface area contributed by atoms with Crippen molar-refractivity contribution < 1.29 is 39.2 Å². The molecule has 2 aromatic carbocycles. The van der Waals surface area contributed by atoms with Gasteiger partial charge in [-0.2, -0.15) is 0 Å². The van der Waals surface area contributed by atoms with Crippen LogP contribution < -0.4 is 5.32 Å². The Morgan fingerprint density at radius 3 is 2.17 bits per heavy atom. The van der Waals surface area contributed by atoms with Crippen LogP contribution in [0.25, 0.3) is 0 Å². The van der Waals surface area contributed by atoms with E-state index < -0.39 is 64.0 Å². The van der Waals surface area contributed by atoms with E-state index in [1.54, 1.807) is 0 Å². The number of benzene rings is 2. The van der Waals surface area contributed by atoms with Crippen LogP contribution in [0.15, 0.2) is 71.8 Å². The summed E-state index contributed by atoms with van der Waals surface area (Å²) in [6.07, 6.45) is -3.05. The van der Waals surface area contributed by atoms with E-state index in [2.05, 4.69) is 12.2 Å². The van der Waals surface area contributed by atoms with Gasteiger partial charge in [0.1, 0.15) is 18.7 Å². The molecule has 0 radical (unpaired) electrons. The highest BCUT2D eigenvalue weighted by atomic mass is 16.6. The third-order valence-corrected chi connectivity index (χ3v) is 12.7. The van der Waals surface area contributed by atoms with Gasteiger partial charge in [0.05, 0.1) is 35.9 Å². The number of fused-ring (bicyclic) bond motifs is 5. The van der Waals surface area contributed by atoms with Gasteiger partial charge in [-0.3, -0.25) is 4.79 Å². The van der Waals surface area contributed by atoms with Gasteiger partial charge in [0, 0.05) is 35.3 Å². The molecule has 260 valence electrons. The van der Waals surface area contributed by atoms with E-state index in [1.807, 2.05) is 109 Å². The molecule has 9 nitrogen and oxygen atoms in total. The first-order valence-electron chi connectivity index (χ1n) is 16.9. The number of hydrogen-bond acceptors (Lipinski definition) is 9. The topological polar surface area (TPSA) is 142 Å². The van der Waals surface area contributed by atoms with Crippen molar-refractivity contribution >= 4 is 24.2 Å². The largest absolute Gasteiger partial charge is 0.456 e. The zero-order chi connectivity index (χ0) is 35.4. The monoisotopic (exact) mass is 661 g/mol. The van der Waals surface area contributed by atoms with Gasteiger partial charge >= 0.3 is 5.97 Å². The Kier molecular flexibility index (Phi) is 9.60. The molecule has 0 unspecified atom stereocenters. The Balaban J connectivity index is 0.00000221. The number of aliphatic hydroxyl groups is 3. The molecule has 4 aliphatic rings. The van der Waals surface area contributed by atoms with E-state index in [4.69, 9.17) is 14.3 Å². The third-order valence-electron chi connectivity index (χ3n) is 12.7. The first kappa shape index (κ1) is 35.9. The number of esters is 1. The molecule has 3 fully saturated rings. The number of ketones is 1. The van der Waals surface area contributed by atoms with Crippen molar-refractivity contribution in [2.75, 3.05) is 11.9 Å². The zero-order valence-corrected chi connectivity index (χ0v) is 29.1. The molecular formula is C39H51NO8. The van der Waals surface area contributed by atoms with Crippen molar-refractivity contribution in [2.24, 2.45) is 34.0 Å². The molecule has 1 saturated heterocycles. The summed E-state index contributed by atoms with van der Waals surface area (Å²) in [6.45, 7) is 16.1. The summed E-state index contributed by atoms with van der Waals surface area (Å²) in [4.78, 5) is 36.5. The highest BCUT2D eigenvalue weighted by molar-refractivity contribution is 5.91. The molecule has 0 spiro atoms. The van der Waals surface area contributed by atoms with Gasteiger partial charge in [-0.15, -0.1) is 0 Å². The van der Waals surface area contributed by atoms with Gasteiger partial charge in [0.25, 0.3) is 0 Å². The Morgan fingerprint density at radius 1 is 1.02 bits per heavy atom. The van der Waals surface area contributed by atoms with Crippen LogP contribution in [0.1, 0.15) is 72.9 Å². The zero-order valence-electron chi connectivity index (χ0n) is 29.1. The molecule has 11 atom stereocenters. The minimum absolute atomic E-state index is 0.0592. The molecular weight excluding hydrogens is 610 g/mol. The lowest BCUT2D eigenvalue weighted by atomic mass is 9.40. The van der Waals surface area contributed by atoms with Crippen molar-refractivity contribution in [3.8, 4) is 0 Å². The molecule has 1 heterocycles. The fourth-order valence-corrected chi connectivity index (χ4v) is 10.1. The van der Waals surface area contributed by atoms with Crippen LogP contribution in [-0.2, 0) is 23.9 Å². The van der Waals surface area contributed by atoms with Crippen LogP contribution >= 0.6 is 0 Å². The van der Waals surface area contributed by atoms with Crippen LogP contribution in [0, 0.1) is 34.0 Å². The molecule has 4 N–H and O–H groups in total. The normalized spacial score (nSPS) is 37.9. The van der Waals surface area contributed by atoms with E-state index in [9.17, 15) is 24.9 Å². The maximum absolute atomic E-state index is 14.7. The van der Waals surface area contributed by atoms with Crippen LogP contribution in [-0.4, -0.2) is 70.5 Å². The second-order valence-electron chi connectivity index (χ2n) is 15.3. The molecule has 6 rings (SSSR count). The standard InChI is InChI=1S/C38H49NO7.CH2O/c1-21-26(46-34(43)31(41)30(24-14-10-8-11-15-24)39-25-16-12-9-13-17-25)19-38(44)23(3)32-36(6)20-45-28(36)18-27(40)37(32,7)33(42)22(2)29(21)35(38,4)5;1-2/h8-17,22-23,26-28,30-32,39-41,44H,18-20H2,1-7H3;1H2/t22-,23+,26+,27+,28-,30+,31-,32-,36-,37-,38-;/m1./s1. The van der Waals surface area contributed by atoms with E-state index >= 15 is 0 Å². The van der Waals surface area contributed by atoms with Gasteiger partial charge in [-0.05, 0) is 54.5 Å². The minimum atomic E-state index is -1.56. The van der Waals surface area contributed by atoms with Crippen LogP contribution in [0.4, 0.5) is 5.69 Å². The van der Waals surface area contributed by atoms with E-state index in [1.165, 1.54) is 0 Å². The van der Waals surface area contributed by atoms with Crippen LogP contribution in [0.5, 0.6) is 0 Å². The molecule has 0 aromatic heterocycles. The second kappa shape index (κ2) is 12.8. The van der Waals surface area contributed by atoms with Crippen molar-refractivity contribution in [1.82, 2.24) is 0 Å². The highest BCUT2D eigenvalue weighted by Crippen LogP contribution is 2.67. The van der Waals surface area contributed by atoms with Gasteiger partial charge in [-0.25, -0.2) is 4.79 Å². The lowest BCUT2D eigenvalue weighted by Gasteiger charge is -2.68. The van der Waals surface area contributed by atoms with Gasteiger partial charge in [0.2, 0.25) is 0 Å². The average molecular weight is 662 g/mol. The molecule has 3 aliphatic carbocycles. The molecule has 2 bridgehead atoms. The Bertz CT molecular complexity index is 1540. The van der Waals surface area contributed by atoms with Gasteiger partial charge in [-0.1, -0.05) is 83.1 Å². The molecule has 9 heteroatoms. The number of aliphatic hydroxyl groups excluding tert-OH is 2. The summed E-state index contributed by atoms with van der Waals surface area (Å²) in [6, 6.07) is 17.8. The number of ether oxygens (including phenoxy) is 2. The third kappa shape index (κ3) is 5.25. The first-order chi connectivity index (χ1) is 22.6. The average Bonchev–Trinajstić information content (AvgIpc) is 3.07. The Hall–Kier alpha value is -3.37. The number of anilines is 1. The molecule has 0 amide bonds. The quantitative estimate of drug-likeness (QED) is 0.247. The lowest BCUT2D eigenvalue weighted by Crippen LogP contribution is -2.74. The fraction of sp³-hybridized carbons (Fsp3) is 0.564. The SMILES string of the molecule is C=O.CC1=C2[C@@H](C)C(=O)[C@@]3(C)[C@H]([C@H](C)[C@](O)(C[C@@H]1OC(=O)[C@H](O)[C@@H](Nc1ccccc1)c1ccccc1)C2(C)C)[C@]1(C)CO[C@@H]1C[C@@H]3O. The molecule has 2 aromatic rings. The van der Waals surface area contributed by atoms with Crippen LogP contribution in [0.2, 0.25) is 0 Å². The van der Waals surface area contributed by atoms with Gasteiger partial charge < -0.3 is 34.9 Å². The van der Waals surface area contributed by atoms with Crippen molar-refractivity contribution in [3.05, 3.63) is 77.4 Å². The number of rotatable bonds is 6. The summed E-state index contributed by atoms with van der Waals surface area (Å²) >= 11 is 0. The molecule has 1 aliphatic heterocycles.